The van der Waals surface area contributed by atoms with Crippen molar-refractivity contribution in [1.29, 1.82) is 0 Å². The van der Waals surface area contributed by atoms with E-state index in [1.807, 2.05) is 6.92 Å². The topological polar surface area (TPSA) is 29.5 Å². The molecule has 18 heavy (non-hydrogen) atoms. The van der Waals surface area contributed by atoms with Crippen molar-refractivity contribution in [1.82, 2.24) is 0 Å². The number of rotatable bonds is 5. The Balaban J connectivity index is 2.69. The van der Waals surface area contributed by atoms with Gasteiger partial charge in [0.25, 0.3) is 0 Å². The maximum absolute atomic E-state index is 10.1. The summed E-state index contributed by atoms with van der Waals surface area (Å²) in [5.74, 6) is 0. The summed E-state index contributed by atoms with van der Waals surface area (Å²) in [6, 6.07) is 8.50. The summed E-state index contributed by atoms with van der Waals surface area (Å²) < 4.78 is 5.26. The van der Waals surface area contributed by atoms with Gasteiger partial charge in [0, 0.05) is 13.5 Å². The minimum Gasteiger partial charge on any atom is -0.390 e. The molecule has 0 aliphatic carbocycles. The Labute approximate surface area is 111 Å². The van der Waals surface area contributed by atoms with Gasteiger partial charge >= 0.3 is 0 Å². The third-order valence-electron chi connectivity index (χ3n) is 3.40. The Morgan fingerprint density at radius 2 is 1.72 bits per heavy atom. The first kappa shape index (κ1) is 15.2. The molecule has 2 nitrogen and oxygen atoms in total. The second-order valence-electron chi connectivity index (χ2n) is 5.90. The number of aliphatic hydroxyl groups excluding tert-OH is 1. The van der Waals surface area contributed by atoms with Gasteiger partial charge in [-0.2, -0.15) is 0 Å². The predicted molar refractivity (Wildman–Crippen MR) is 75.9 cm³/mol. The average Bonchev–Trinajstić information content (AvgIpc) is 2.30. The van der Waals surface area contributed by atoms with Gasteiger partial charge < -0.3 is 9.84 Å². The molecule has 2 atom stereocenters. The summed E-state index contributed by atoms with van der Waals surface area (Å²) in [5.41, 5.74) is 2.65. The lowest BCUT2D eigenvalue weighted by Gasteiger charge is -2.22. The van der Waals surface area contributed by atoms with Crippen molar-refractivity contribution in [3.8, 4) is 0 Å². The monoisotopic (exact) mass is 250 g/mol. The van der Waals surface area contributed by atoms with Crippen LogP contribution in [0.1, 0.15) is 45.2 Å². The number of benzene rings is 1. The summed E-state index contributed by atoms with van der Waals surface area (Å²) in [5, 5.41) is 10.1. The first-order valence-corrected chi connectivity index (χ1v) is 6.68. The number of methoxy groups -OCH3 is 1. The van der Waals surface area contributed by atoms with Gasteiger partial charge in [-0.3, -0.25) is 0 Å². The van der Waals surface area contributed by atoms with Gasteiger partial charge in [0.2, 0.25) is 0 Å². The molecule has 0 aromatic heterocycles. The molecule has 1 N–H and O–H groups in total. The molecule has 0 saturated carbocycles. The van der Waals surface area contributed by atoms with Crippen LogP contribution in [0.25, 0.3) is 0 Å². The van der Waals surface area contributed by atoms with Crippen molar-refractivity contribution >= 4 is 0 Å². The fourth-order valence-electron chi connectivity index (χ4n) is 2.11. The molecule has 1 aromatic rings. The highest BCUT2D eigenvalue weighted by molar-refractivity contribution is 5.27. The molecule has 2 unspecified atom stereocenters. The number of ether oxygens (including phenoxy) is 1. The van der Waals surface area contributed by atoms with E-state index < -0.39 is 6.10 Å². The second kappa shape index (κ2) is 6.35. The number of hydrogen-bond donors (Lipinski definition) is 1. The van der Waals surface area contributed by atoms with Gasteiger partial charge in [-0.1, -0.05) is 52.0 Å². The number of aliphatic hydroxyl groups is 1. The van der Waals surface area contributed by atoms with Crippen LogP contribution in [0.3, 0.4) is 0 Å². The van der Waals surface area contributed by atoms with E-state index in [9.17, 15) is 5.11 Å². The van der Waals surface area contributed by atoms with E-state index in [-0.39, 0.29) is 11.5 Å². The lowest BCUT2D eigenvalue weighted by atomic mass is 9.86. The number of hydrogen-bond acceptors (Lipinski definition) is 2. The Kier molecular flexibility index (Phi) is 5.36. The van der Waals surface area contributed by atoms with Crippen molar-refractivity contribution in [3.05, 3.63) is 35.4 Å². The van der Waals surface area contributed by atoms with E-state index in [1.54, 1.807) is 7.11 Å². The molecule has 1 rings (SSSR count). The molecule has 0 heterocycles. The second-order valence-corrected chi connectivity index (χ2v) is 5.90. The standard InChI is InChI=1S/C16H26O2/c1-6-15(18-5)14(17)11-12-7-9-13(10-8-12)16(2,3)4/h7-10,14-15,17H,6,11H2,1-5H3. The molecule has 0 saturated heterocycles. The van der Waals surface area contributed by atoms with E-state index in [0.717, 1.165) is 12.0 Å². The molecule has 102 valence electrons. The molecule has 0 fully saturated rings. The zero-order chi connectivity index (χ0) is 13.8. The van der Waals surface area contributed by atoms with Crippen LogP contribution in [0.15, 0.2) is 24.3 Å². The molecule has 0 amide bonds. The first-order chi connectivity index (χ1) is 8.38. The van der Waals surface area contributed by atoms with Crippen LogP contribution in [0.4, 0.5) is 0 Å². The van der Waals surface area contributed by atoms with E-state index in [0.29, 0.717) is 6.42 Å². The van der Waals surface area contributed by atoms with Crippen LogP contribution < -0.4 is 0 Å². The van der Waals surface area contributed by atoms with Gasteiger partial charge in [-0.15, -0.1) is 0 Å². The Hall–Kier alpha value is -0.860. The molecule has 0 spiro atoms. The minimum atomic E-state index is -0.430. The predicted octanol–water partition coefficient (Wildman–Crippen LogP) is 3.31. The van der Waals surface area contributed by atoms with Crippen LogP contribution in [-0.4, -0.2) is 24.4 Å². The van der Waals surface area contributed by atoms with Crippen LogP contribution in [0.2, 0.25) is 0 Å². The maximum Gasteiger partial charge on any atom is 0.0841 e. The van der Waals surface area contributed by atoms with Crippen LogP contribution in [-0.2, 0) is 16.6 Å². The summed E-state index contributed by atoms with van der Waals surface area (Å²) in [4.78, 5) is 0. The normalized spacial score (nSPS) is 15.4. The van der Waals surface area contributed by atoms with Crippen molar-refractivity contribution in [2.45, 2.75) is 58.2 Å². The van der Waals surface area contributed by atoms with Crippen molar-refractivity contribution in [2.75, 3.05) is 7.11 Å². The Morgan fingerprint density at radius 3 is 2.11 bits per heavy atom. The maximum atomic E-state index is 10.1. The fourth-order valence-corrected chi connectivity index (χ4v) is 2.11. The van der Waals surface area contributed by atoms with Gasteiger partial charge in [0.15, 0.2) is 0 Å². The van der Waals surface area contributed by atoms with Gasteiger partial charge in [-0.25, -0.2) is 0 Å². The molecular weight excluding hydrogens is 224 g/mol. The molecule has 2 heteroatoms. The third-order valence-corrected chi connectivity index (χ3v) is 3.40. The Morgan fingerprint density at radius 1 is 1.17 bits per heavy atom. The van der Waals surface area contributed by atoms with Gasteiger partial charge in [0.05, 0.1) is 12.2 Å². The zero-order valence-corrected chi connectivity index (χ0v) is 12.2. The zero-order valence-electron chi connectivity index (χ0n) is 12.2. The van der Waals surface area contributed by atoms with E-state index in [1.165, 1.54) is 5.56 Å². The first-order valence-electron chi connectivity index (χ1n) is 6.68. The third kappa shape index (κ3) is 4.11. The molecular formula is C16H26O2. The van der Waals surface area contributed by atoms with Crippen LogP contribution in [0, 0.1) is 0 Å². The van der Waals surface area contributed by atoms with Crippen molar-refractivity contribution < 1.29 is 9.84 Å². The van der Waals surface area contributed by atoms with Crippen LogP contribution in [0.5, 0.6) is 0 Å². The lowest BCUT2D eigenvalue weighted by molar-refractivity contribution is -0.0128. The van der Waals surface area contributed by atoms with Crippen molar-refractivity contribution in [2.24, 2.45) is 0 Å². The van der Waals surface area contributed by atoms with Gasteiger partial charge in [-0.05, 0) is 23.0 Å². The highest BCUT2D eigenvalue weighted by atomic mass is 16.5. The largest absolute Gasteiger partial charge is 0.390 e. The summed E-state index contributed by atoms with van der Waals surface area (Å²) in [7, 11) is 1.65. The highest BCUT2D eigenvalue weighted by Gasteiger charge is 2.18. The Bertz CT molecular complexity index is 344. The van der Waals surface area contributed by atoms with E-state index in [4.69, 9.17) is 4.74 Å². The molecule has 0 bridgehead atoms. The summed E-state index contributed by atoms with van der Waals surface area (Å²) >= 11 is 0. The smallest absolute Gasteiger partial charge is 0.0841 e. The van der Waals surface area contributed by atoms with Gasteiger partial charge in [0.1, 0.15) is 0 Å². The molecule has 0 radical (unpaired) electrons. The van der Waals surface area contributed by atoms with E-state index in [2.05, 4.69) is 45.0 Å². The SMILES string of the molecule is CCC(OC)C(O)Cc1ccc(C(C)(C)C)cc1. The molecule has 0 aliphatic rings. The highest BCUT2D eigenvalue weighted by Crippen LogP contribution is 2.22. The quantitative estimate of drug-likeness (QED) is 0.868. The fraction of sp³-hybridized carbons (Fsp3) is 0.625. The summed E-state index contributed by atoms with van der Waals surface area (Å²) in [6.07, 6.45) is 0.974. The van der Waals surface area contributed by atoms with Crippen LogP contribution >= 0.6 is 0 Å². The minimum absolute atomic E-state index is 0.0766. The average molecular weight is 250 g/mol. The van der Waals surface area contributed by atoms with Crippen molar-refractivity contribution in [3.63, 3.8) is 0 Å². The van der Waals surface area contributed by atoms with E-state index >= 15 is 0 Å². The lowest BCUT2D eigenvalue weighted by Crippen LogP contribution is -2.29. The molecule has 0 aliphatic heterocycles. The molecule has 1 aromatic carbocycles. The summed E-state index contributed by atoms with van der Waals surface area (Å²) in [6.45, 7) is 8.64.